The summed E-state index contributed by atoms with van der Waals surface area (Å²) in [5.41, 5.74) is 0.760. The zero-order chi connectivity index (χ0) is 25.8. The number of hydrogen-bond donors (Lipinski definition) is 0. The predicted octanol–water partition coefficient (Wildman–Crippen LogP) is 5.37. The lowest BCUT2D eigenvalue weighted by Crippen LogP contribution is -2.20. The van der Waals surface area contributed by atoms with Crippen LogP contribution in [0.3, 0.4) is 0 Å². The van der Waals surface area contributed by atoms with E-state index in [9.17, 15) is 19.3 Å². The predicted molar refractivity (Wildman–Crippen MR) is 136 cm³/mol. The molecule has 0 aliphatic carbocycles. The Morgan fingerprint density at radius 1 is 1.17 bits per heavy atom. The molecule has 1 aromatic heterocycles. The van der Waals surface area contributed by atoms with Crippen LogP contribution in [0, 0.1) is 22.9 Å². The molecule has 0 saturated heterocycles. The normalized spacial score (nSPS) is 11.2. The first-order chi connectivity index (χ1) is 17.3. The molecule has 0 spiro atoms. The number of rotatable bonds is 8. The lowest BCUT2D eigenvalue weighted by atomic mass is 10.1. The van der Waals surface area contributed by atoms with Crippen molar-refractivity contribution in [3.05, 3.63) is 102 Å². The number of nitro benzene ring substituents is 1. The van der Waals surface area contributed by atoms with Gasteiger partial charge in [-0.1, -0.05) is 28.1 Å². The van der Waals surface area contributed by atoms with Crippen LogP contribution in [0.25, 0.3) is 10.9 Å². The molecule has 3 aromatic carbocycles. The van der Waals surface area contributed by atoms with Crippen molar-refractivity contribution in [3.8, 4) is 11.5 Å². The second-order valence-corrected chi connectivity index (χ2v) is 8.57. The highest BCUT2D eigenvalue weighted by atomic mass is 79.9. The van der Waals surface area contributed by atoms with Gasteiger partial charge in [-0.2, -0.15) is 9.78 Å². The first kappa shape index (κ1) is 25.0. The van der Waals surface area contributed by atoms with Gasteiger partial charge in [-0.25, -0.2) is 9.37 Å². The van der Waals surface area contributed by atoms with Crippen LogP contribution in [0.15, 0.2) is 69.0 Å². The van der Waals surface area contributed by atoms with Gasteiger partial charge in [-0.05, 0) is 55.8 Å². The molecular formula is C25H20BrFN4O5. The van der Waals surface area contributed by atoms with Crippen LogP contribution in [0.5, 0.6) is 11.5 Å². The highest BCUT2D eigenvalue weighted by Crippen LogP contribution is 2.38. The van der Waals surface area contributed by atoms with Gasteiger partial charge in [0.1, 0.15) is 18.2 Å². The van der Waals surface area contributed by atoms with Gasteiger partial charge in [0, 0.05) is 16.1 Å². The van der Waals surface area contributed by atoms with Crippen molar-refractivity contribution in [2.75, 3.05) is 6.61 Å². The second-order valence-electron chi connectivity index (χ2n) is 7.65. The summed E-state index contributed by atoms with van der Waals surface area (Å²) < 4.78 is 26.4. The van der Waals surface area contributed by atoms with E-state index in [-0.39, 0.29) is 36.0 Å². The average molecular weight is 555 g/mol. The first-order valence-electron chi connectivity index (χ1n) is 10.8. The third-order valence-electron chi connectivity index (χ3n) is 5.14. The minimum Gasteiger partial charge on any atom is -0.490 e. The molecule has 0 saturated carbocycles. The van der Waals surface area contributed by atoms with E-state index in [0.717, 1.165) is 9.15 Å². The average Bonchev–Trinajstić information content (AvgIpc) is 2.84. The van der Waals surface area contributed by atoms with Gasteiger partial charge >= 0.3 is 5.69 Å². The van der Waals surface area contributed by atoms with Crippen LogP contribution in [0.1, 0.15) is 23.9 Å². The molecule has 9 nitrogen and oxygen atoms in total. The maximum atomic E-state index is 13.2. The topological polar surface area (TPSA) is 109 Å². The van der Waals surface area contributed by atoms with Crippen molar-refractivity contribution < 1.29 is 18.8 Å². The van der Waals surface area contributed by atoms with Crippen LogP contribution in [-0.2, 0) is 6.61 Å². The fourth-order valence-electron chi connectivity index (χ4n) is 3.48. The van der Waals surface area contributed by atoms with E-state index < -0.39 is 10.7 Å². The van der Waals surface area contributed by atoms with Gasteiger partial charge in [0.15, 0.2) is 5.75 Å². The zero-order valence-electron chi connectivity index (χ0n) is 19.3. The van der Waals surface area contributed by atoms with Crippen molar-refractivity contribution in [3.63, 3.8) is 0 Å². The van der Waals surface area contributed by atoms with E-state index in [1.807, 2.05) is 0 Å². The Labute approximate surface area is 213 Å². The van der Waals surface area contributed by atoms with E-state index in [1.165, 1.54) is 42.6 Å². The van der Waals surface area contributed by atoms with Crippen molar-refractivity contribution in [2.24, 2.45) is 5.10 Å². The minimum atomic E-state index is -0.591. The second kappa shape index (κ2) is 10.6. The third kappa shape index (κ3) is 5.41. The summed E-state index contributed by atoms with van der Waals surface area (Å²) in [6, 6.07) is 13.6. The summed E-state index contributed by atoms with van der Waals surface area (Å²) >= 11 is 3.35. The number of hydrogen-bond acceptors (Lipinski definition) is 7. The number of ether oxygens (including phenoxy) is 2. The number of halogens is 2. The lowest BCUT2D eigenvalue weighted by molar-refractivity contribution is -0.386. The zero-order valence-corrected chi connectivity index (χ0v) is 20.9. The minimum absolute atomic E-state index is 0.0263. The Morgan fingerprint density at radius 2 is 1.92 bits per heavy atom. The van der Waals surface area contributed by atoms with Gasteiger partial charge in [0.2, 0.25) is 5.75 Å². The highest BCUT2D eigenvalue weighted by molar-refractivity contribution is 9.10. The smallest absolute Gasteiger partial charge is 0.315 e. The van der Waals surface area contributed by atoms with Gasteiger partial charge in [-0.3, -0.25) is 14.9 Å². The molecule has 11 heteroatoms. The fourth-order valence-corrected chi connectivity index (χ4v) is 3.84. The lowest BCUT2D eigenvalue weighted by Gasteiger charge is -2.13. The molecule has 0 N–H and O–H groups in total. The summed E-state index contributed by atoms with van der Waals surface area (Å²) in [6.07, 6.45) is 1.32. The molecule has 0 bridgehead atoms. The maximum absolute atomic E-state index is 13.2. The Bertz CT molecular complexity index is 1540. The number of nitrogens with zero attached hydrogens (tertiary/aromatic N) is 4. The highest BCUT2D eigenvalue weighted by Gasteiger charge is 2.23. The van der Waals surface area contributed by atoms with Gasteiger partial charge in [0.25, 0.3) is 5.56 Å². The molecule has 0 amide bonds. The third-order valence-corrected chi connectivity index (χ3v) is 5.64. The van der Waals surface area contributed by atoms with E-state index in [0.29, 0.717) is 27.9 Å². The molecule has 0 aliphatic rings. The quantitative estimate of drug-likeness (QED) is 0.164. The molecule has 4 aromatic rings. The molecular weight excluding hydrogens is 535 g/mol. The van der Waals surface area contributed by atoms with Crippen molar-refractivity contribution in [2.45, 2.75) is 20.5 Å². The molecule has 4 rings (SSSR count). The molecule has 0 unspecified atom stereocenters. The summed E-state index contributed by atoms with van der Waals surface area (Å²) in [6.45, 7) is 3.58. The fraction of sp³-hybridized carbons (Fsp3) is 0.160. The van der Waals surface area contributed by atoms with Crippen LogP contribution in [-0.4, -0.2) is 27.4 Å². The Kier molecular flexibility index (Phi) is 7.39. The summed E-state index contributed by atoms with van der Waals surface area (Å²) in [5.74, 6) is 0.0330. The maximum Gasteiger partial charge on any atom is 0.315 e. The van der Waals surface area contributed by atoms with Crippen LogP contribution < -0.4 is 15.0 Å². The largest absolute Gasteiger partial charge is 0.490 e. The number of aryl methyl sites for hydroxylation is 1. The van der Waals surface area contributed by atoms with E-state index in [1.54, 1.807) is 32.0 Å². The number of benzene rings is 3. The summed E-state index contributed by atoms with van der Waals surface area (Å²) in [5, 5.41) is 16.5. The molecule has 36 heavy (non-hydrogen) atoms. The van der Waals surface area contributed by atoms with E-state index in [2.05, 4.69) is 26.0 Å². The first-order valence-corrected chi connectivity index (χ1v) is 11.6. The van der Waals surface area contributed by atoms with Gasteiger partial charge < -0.3 is 9.47 Å². The van der Waals surface area contributed by atoms with Crippen LogP contribution in [0.4, 0.5) is 10.1 Å². The molecule has 0 atom stereocenters. The SMILES string of the molecule is CCOc1cc(C=Nn2c(C)nc3ccc(Br)cc3c2=O)cc([N+](=O)[O-])c1OCc1ccc(F)cc1. The molecule has 0 fully saturated rings. The Balaban J connectivity index is 1.72. The molecule has 0 radical (unpaired) electrons. The van der Waals surface area contributed by atoms with Crippen molar-refractivity contribution in [1.82, 2.24) is 9.66 Å². The Morgan fingerprint density at radius 3 is 2.61 bits per heavy atom. The number of aromatic nitrogens is 2. The van der Waals surface area contributed by atoms with Gasteiger partial charge in [0.05, 0.1) is 28.6 Å². The van der Waals surface area contributed by atoms with Crippen LogP contribution in [0.2, 0.25) is 0 Å². The standard InChI is InChI=1S/C25H20BrFN4O5/c1-3-35-23-11-17(10-22(31(33)34)24(23)36-14-16-4-7-19(27)8-5-16)13-28-30-15(2)29-21-9-6-18(26)12-20(21)25(30)32/h4-13H,3,14H2,1-2H3. The molecule has 1 heterocycles. The van der Waals surface area contributed by atoms with E-state index in [4.69, 9.17) is 9.47 Å². The molecule has 184 valence electrons. The summed E-state index contributed by atoms with van der Waals surface area (Å²) in [4.78, 5) is 28.6. The monoisotopic (exact) mass is 554 g/mol. The molecule has 0 aliphatic heterocycles. The summed E-state index contributed by atoms with van der Waals surface area (Å²) in [7, 11) is 0. The van der Waals surface area contributed by atoms with Crippen molar-refractivity contribution in [1.29, 1.82) is 0 Å². The Hall–Kier alpha value is -4.12. The van der Waals surface area contributed by atoms with Crippen LogP contribution >= 0.6 is 15.9 Å². The van der Waals surface area contributed by atoms with Crippen molar-refractivity contribution >= 4 is 38.7 Å². The number of fused-ring (bicyclic) bond motifs is 1. The van der Waals surface area contributed by atoms with E-state index >= 15 is 0 Å². The van der Waals surface area contributed by atoms with Gasteiger partial charge in [-0.15, -0.1) is 0 Å². The number of nitro groups is 1.